The van der Waals surface area contributed by atoms with Crippen molar-refractivity contribution in [2.45, 2.75) is 6.92 Å². The van der Waals surface area contributed by atoms with Crippen LogP contribution in [0.3, 0.4) is 0 Å². The van der Waals surface area contributed by atoms with E-state index in [1.54, 1.807) is 23.9 Å². The van der Waals surface area contributed by atoms with Gasteiger partial charge in [-0.1, -0.05) is 30.7 Å². The number of thioether (sulfide) groups is 1. The monoisotopic (exact) mass is 257 g/mol. The van der Waals surface area contributed by atoms with Crippen LogP contribution in [0.25, 0.3) is 0 Å². The van der Waals surface area contributed by atoms with E-state index in [0.29, 0.717) is 23.0 Å². The van der Waals surface area contributed by atoms with E-state index in [1.165, 1.54) is 0 Å². The van der Waals surface area contributed by atoms with Gasteiger partial charge in [-0.05, 0) is 30.1 Å². The van der Waals surface area contributed by atoms with Crippen LogP contribution in [0.1, 0.15) is 17.3 Å². The van der Waals surface area contributed by atoms with E-state index in [0.717, 1.165) is 5.75 Å². The molecule has 4 heteroatoms. The van der Waals surface area contributed by atoms with Crippen LogP contribution in [0.2, 0.25) is 5.02 Å². The SMILES string of the molecule is CSCC(C)CNC(=O)c1ccccc1Cl. The van der Waals surface area contributed by atoms with Crippen LogP contribution in [0.5, 0.6) is 0 Å². The molecule has 0 saturated carbocycles. The Kier molecular flexibility index (Phi) is 5.71. The molecular weight excluding hydrogens is 242 g/mol. The Labute approximate surface area is 106 Å². The minimum atomic E-state index is -0.0986. The van der Waals surface area contributed by atoms with E-state index >= 15 is 0 Å². The van der Waals surface area contributed by atoms with Crippen molar-refractivity contribution in [3.63, 3.8) is 0 Å². The molecule has 16 heavy (non-hydrogen) atoms. The summed E-state index contributed by atoms with van der Waals surface area (Å²) in [6.07, 6.45) is 2.06. The predicted molar refractivity (Wildman–Crippen MR) is 71.3 cm³/mol. The third kappa shape index (κ3) is 4.06. The zero-order valence-corrected chi connectivity index (χ0v) is 11.1. The van der Waals surface area contributed by atoms with Gasteiger partial charge in [0.25, 0.3) is 5.91 Å². The highest BCUT2D eigenvalue weighted by Crippen LogP contribution is 2.14. The van der Waals surface area contributed by atoms with E-state index in [1.807, 2.05) is 12.1 Å². The summed E-state index contributed by atoms with van der Waals surface area (Å²) in [4.78, 5) is 11.8. The lowest BCUT2D eigenvalue weighted by atomic mass is 10.2. The minimum Gasteiger partial charge on any atom is -0.352 e. The molecule has 0 heterocycles. The van der Waals surface area contributed by atoms with Crippen LogP contribution in [-0.2, 0) is 0 Å². The number of carbonyl (C=O) groups is 1. The summed E-state index contributed by atoms with van der Waals surface area (Å²) in [5.74, 6) is 1.42. The fourth-order valence-corrected chi connectivity index (χ4v) is 2.26. The van der Waals surface area contributed by atoms with Crippen molar-refractivity contribution in [2.75, 3.05) is 18.6 Å². The third-order valence-electron chi connectivity index (χ3n) is 2.18. The second-order valence-corrected chi connectivity index (χ2v) is 5.07. The van der Waals surface area contributed by atoms with Gasteiger partial charge in [-0.3, -0.25) is 4.79 Å². The van der Waals surface area contributed by atoms with Gasteiger partial charge in [0, 0.05) is 6.54 Å². The highest BCUT2D eigenvalue weighted by Gasteiger charge is 2.10. The van der Waals surface area contributed by atoms with Gasteiger partial charge in [-0.15, -0.1) is 0 Å². The van der Waals surface area contributed by atoms with Gasteiger partial charge in [0.15, 0.2) is 0 Å². The summed E-state index contributed by atoms with van der Waals surface area (Å²) < 4.78 is 0. The first kappa shape index (κ1) is 13.4. The maximum Gasteiger partial charge on any atom is 0.252 e. The molecular formula is C12H16ClNOS. The van der Waals surface area contributed by atoms with Crippen LogP contribution < -0.4 is 5.32 Å². The highest BCUT2D eigenvalue weighted by molar-refractivity contribution is 7.98. The van der Waals surface area contributed by atoms with Gasteiger partial charge >= 0.3 is 0 Å². The lowest BCUT2D eigenvalue weighted by molar-refractivity contribution is 0.0949. The Morgan fingerprint density at radius 2 is 2.19 bits per heavy atom. The Bertz CT molecular complexity index is 357. The molecule has 1 unspecified atom stereocenters. The average molecular weight is 258 g/mol. The molecule has 0 spiro atoms. The normalized spacial score (nSPS) is 12.2. The summed E-state index contributed by atoms with van der Waals surface area (Å²) >= 11 is 7.71. The Hall–Kier alpha value is -0.670. The number of amides is 1. The van der Waals surface area contributed by atoms with E-state index in [9.17, 15) is 4.79 Å². The molecule has 1 amide bonds. The number of rotatable bonds is 5. The second kappa shape index (κ2) is 6.81. The number of hydrogen-bond acceptors (Lipinski definition) is 2. The Morgan fingerprint density at radius 1 is 1.50 bits per heavy atom. The standard InChI is InChI=1S/C12H16ClNOS/c1-9(8-16-2)7-14-12(15)10-5-3-4-6-11(10)13/h3-6,9H,7-8H2,1-2H3,(H,14,15). The topological polar surface area (TPSA) is 29.1 Å². The molecule has 1 aromatic rings. The van der Waals surface area contributed by atoms with Crippen molar-refractivity contribution in [3.05, 3.63) is 34.9 Å². The number of nitrogens with one attached hydrogen (secondary N) is 1. The molecule has 0 saturated heterocycles. The third-order valence-corrected chi connectivity index (χ3v) is 3.41. The maximum atomic E-state index is 11.8. The van der Waals surface area contributed by atoms with Crippen LogP contribution in [0.4, 0.5) is 0 Å². The van der Waals surface area contributed by atoms with Gasteiger partial charge in [0.2, 0.25) is 0 Å². The molecule has 0 aliphatic heterocycles. The molecule has 1 atom stereocenters. The first-order chi connectivity index (χ1) is 7.65. The molecule has 0 aliphatic rings. The predicted octanol–water partition coefficient (Wildman–Crippen LogP) is 3.07. The van der Waals surface area contributed by atoms with Crippen LogP contribution in [0.15, 0.2) is 24.3 Å². The maximum absolute atomic E-state index is 11.8. The molecule has 1 rings (SSSR count). The number of benzene rings is 1. The van der Waals surface area contributed by atoms with Crippen molar-refractivity contribution in [1.82, 2.24) is 5.32 Å². The zero-order valence-electron chi connectivity index (χ0n) is 9.50. The highest BCUT2D eigenvalue weighted by atomic mass is 35.5. The van der Waals surface area contributed by atoms with Gasteiger partial charge in [0.05, 0.1) is 10.6 Å². The Balaban J connectivity index is 2.50. The van der Waals surface area contributed by atoms with Gasteiger partial charge < -0.3 is 5.32 Å². The van der Waals surface area contributed by atoms with Crippen molar-refractivity contribution in [2.24, 2.45) is 5.92 Å². The number of hydrogen-bond donors (Lipinski definition) is 1. The van der Waals surface area contributed by atoms with Crippen molar-refractivity contribution in [1.29, 1.82) is 0 Å². The summed E-state index contributed by atoms with van der Waals surface area (Å²) in [6, 6.07) is 7.08. The molecule has 0 aromatic heterocycles. The van der Waals surface area contributed by atoms with Gasteiger partial charge in [-0.25, -0.2) is 0 Å². The van der Waals surface area contributed by atoms with Crippen molar-refractivity contribution < 1.29 is 4.79 Å². The van der Waals surface area contributed by atoms with Crippen LogP contribution in [-0.4, -0.2) is 24.5 Å². The fraction of sp³-hybridized carbons (Fsp3) is 0.417. The molecule has 0 radical (unpaired) electrons. The smallest absolute Gasteiger partial charge is 0.252 e. The quantitative estimate of drug-likeness (QED) is 0.878. The summed E-state index contributed by atoms with van der Waals surface area (Å²) in [7, 11) is 0. The molecule has 1 aromatic carbocycles. The lowest BCUT2D eigenvalue weighted by Crippen LogP contribution is -2.29. The van der Waals surface area contributed by atoms with E-state index < -0.39 is 0 Å². The van der Waals surface area contributed by atoms with Crippen LogP contribution in [0, 0.1) is 5.92 Å². The van der Waals surface area contributed by atoms with Crippen LogP contribution >= 0.6 is 23.4 Å². The molecule has 0 aliphatic carbocycles. The largest absolute Gasteiger partial charge is 0.352 e. The second-order valence-electron chi connectivity index (χ2n) is 3.75. The molecule has 2 nitrogen and oxygen atoms in total. The molecule has 0 fully saturated rings. The minimum absolute atomic E-state index is 0.0986. The van der Waals surface area contributed by atoms with Gasteiger partial charge in [-0.2, -0.15) is 11.8 Å². The lowest BCUT2D eigenvalue weighted by Gasteiger charge is -2.11. The number of halogens is 1. The molecule has 88 valence electrons. The summed E-state index contributed by atoms with van der Waals surface area (Å²) in [5.41, 5.74) is 0.542. The van der Waals surface area contributed by atoms with Gasteiger partial charge in [0.1, 0.15) is 0 Å². The first-order valence-corrected chi connectivity index (χ1v) is 6.94. The van der Waals surface area contributed by atoms with E-state index in [-0.39, 0.29) is 5.91 Å². The summed E-state index contributed by atoms with van der Waals surface area (Å²) in [6.45, 7) is 2.80. The fourth-order valence-electron chi connectivity index (χ4n) is 1.35. The van der Waals surface area contributed by atoms with Crippen molar-refractivity contribution in [3.8, 4) is 0 Å². The summed E-state index contributed by atoms with van der Waals surface area (Å²) in [5, 5.41) is 3.39. The molecule has 0 bridgehead atoms. The Morgan fingerprint density at radius 3 is 2.81 bits per heavy atom. The molecule has 1 N–H and O–H groups in total. The average Bonchev–Trinajstić information content (AvgIpc) is 2.27. The van der Waals surface area contributed by atoms with Crippen molar-refractivity contribution >= 4 is 29.3 Å². The first-order valence-electron chi connectivity index (χ1n) is 5.16. The zero-order chi connectivity index (χ0) is 12.0. The number of carbonyl (C=O) groups excluding carboxylic acids is 1. The van der Waals surface area contributed by atoms with E-state index in [2.05, 4.69) is 18.5 Å². The van der Waals surface area contributed by atoms with E-state index in [4.69, 9.17) is 11.6 Å².